The topological polar surface area (TPSA) is 73.0 Å². The van der Waals surface area contributed by atoms with Crippen molar-refractivity contribution in [2.75, 3.05) is 66.8 Å². The molecule has 3 saturated heterocycles. The molecule has 3 heterocycles. The second kappa shape index (κ2) is 11.2. The van der Waals surface area contributed by atoms with E-state index >= 15 is 0 Å². The Morgan fingerprint density at radius 2 is 1.97 bits per heavy atom. The van der Waals surface area contributed by atoms with E-state index in [0.29, 0.717) is 19.0 Å². The Hall–Kier alpha value is -1.87. The first kappa shape index (κ1) is 27.3. The summed E-state index contributed by atoms with van der Waals surface area (Å²) in [6, 6.07) is 6.06. The molecular formula is C31H46N2O6. The summed E-state index contributed by atoms with van der Waals surface area (Å²) in [4.78, 5) is 18.3. The summed E-state index contributed by atoms with van der Waals surface area (Å²) in [6.07, 6.45) is 6.73. The number of morpholine rings is 1. The minimum atomic E-state index is -0.0998. The van der Waals surface area contributed by atoms with Crippen LogP contribution in [0.15, 0.2) is 18.2 Å². The van der Waals surface area contributed by atoms with Gasteiger partial charge in [0, 0.05) is 37.7 Å². The van der Waals surface area contributed by atoms with Gasteiger partial charge in [0.15, 0.2) is 11.5 Å². The molecule has 1 spiro atoms. The van der Waals surface area contributed by atoms with E-state index in [9.17, 15) is 4.79 Å². The molecule has 0 radical (unpaired) electrons. The van der Waals surface area contributed by atoms with Gasteiger partial charge in [-0.3, -0.25) is 14.6 Å². The van der Waals surface area contributed by atoms with Crippen LogP contribution < -0.4 is 9.47 Å². The molecule has 2 aliphatic carbocycles. The summed E-state index contributed by atoms with van der Waals surface area (Å²) < 4.78 is 29.1. The number of esters is 1. The molecule has 216 valence electrons. The zero-order chi connectivity index (χ0) is 27.0. The summed E-state index contributed by atoms with van der Waals surface area (Å²) in [7, 11) is 3.37. The van der Waals surface area contributed by atoms with E-state index < -0.39 is 0 Å². The molecule has 5 fully saturated rings. The highest BCUT2D eigenvalue weighted by Crippen LogP contribution is 2.62. The largest absolute Gasteiger partial charge is 0.493 e. The SMILES string of the molecule is COc1cccc(CN(CCCN2CCOCC2)C[C@H]2C(=O)O[C@@H]3C[C@@]4(C)CCC[C@@]5(CO5)[C@@H]4C[C@H]32)c1OC. The minimum absolute atomic E-state index is 0.00574. The number of benzene rings is 1. The maximum atomic E-state index is 13.4. The number of ether oxygens (including phenoxy) is 5. The summed E-state index contributed by atoms with van der Waals surface area (Å²) >= 11 is 0. The average molecular weight is 543 g/mol. The maximum absolute atomic E-state index is 13.4. The quantitative estimate of drug-likeness (QED) is 0.327. The molecule has 8 heteroatoms. The van der Waals surface area contributed by atoms with Crippen LogP contribution in [0.2, 0.25) is 0 Å². The van der Waals surface area contributed by atoms with Crippen molar-refractivity contribution >= 4 is 5.97 Å². The Labute approximate surface area is 233 Å². The molecule has 0 N–H and O–H groups in total. The number of hydrogen-bond donors (Lipinski definition) is 0. The molecule has 1 aromatic rings. The van der Waals surface area contributed by atoms with Crippen molar-refractivity contribution in [1.29, 1.82) is 0 Å². The van der Waals surface area contributed by atoms with Crippen molar-refractivity contribution in [3.8, 4) is 11.5 Å². The summed E-state index contributed by atoms with van der Waals surface area (Å²) in [5, 5.41) is 0. The first-order chi connectivity index (χ1) is 18.9. The second-order valence-electron chi connectivity index (χ2n) is 12.8. The van der Waals surface area contributed by atoms with Gasteiger partial charge in [-0.25, -0.2) is 0 Å². The number of carbonyl (C=O) groups excluding carboxylic acids is 1. The molecule has 0 amide bonds. The molecule has 39 heavy (non-hydrogen) atoms. The van der Waals surface area contributed by atoms with Crippen LogP contribution in [0.1, 0.15) is 51.0 Å². The van der Waals surface area contributed by atoms with E-state index in [1.807, 2.05) is 12.1 Å². The standard InChI is InChI=1S/C31H46N2O6/c1-30-9-5-10-31(21-38-31)27(30)17-23-24(29(34)39-26(23)18-30)20-33(12-6-11-32-13-15-37-16-14-32)19-22-7-4-8-25(35-2)28(22)36-3/h4,7-8,23-24,26-27H,5-6,9-21H2,1-3H3/t23-,24+,26+,27+,30+,31+/m0/s1. The third kappa shape index (κ3) is 5.42. The summed E-state index contributed by atoms with van der Waals surface area (Å²) in [5.41, 5.74) is 1.37. The van der Waals surface area contributed by atoms with Gasteiger partial charge in [0.1, 0.15) is 6.10 Å². The van der Waals surface area contributed by atoms with E-state index in [4.69, 9.17) is 23.7 Å². The molecule has 0 unspecified atom stereocenters. The number of fused-ring (bicyclic) bond motifs is 3. The van der Waals surface area contributed by atoms with E-state index in [-0.39, 0.29) is 34.9 Å². The number of nitrogens with zero attached hydrogens (tertiary/aromatic N) is 2. The fourth-order valence-corrected chi connectivity index (χ4v) is 8.34. The van der Waals surface area contributed by atoms with Gasteiger partial charge in [-0.05, 0) is 69.0 Å². The van der Waals surface area contributed by atoms with Crippen molar-refractivity contribution in [3.05, 3.63) is 23.8 Å². The van der Waals surface area contributed by atoms with Gasteiger partial charge in [0.05, 0.1) is 45.6 Å². The van der Waals surface area contributed by atoms with Crippen molar-refractivity contribution in [1.82, 2.24) is 9.80 Å². The van der Waals surface area contributed by atoms with Gasteiger partial charge in [0.2, 0.25) is 0 Å². The highest BCUT2D eigenvalue weighted by atomic mass is 16.6. The zero-order valence-corrected chi connectivity index (χ0v) is 24.0. The maximum Gasteiger partial charge on any atom is 0.310 e. The zero-order valence-electron chi connectivity index (χ0n) is 24.0. The lowest BCUT2D eigenvalue weighted by Crippen LogP contribution is -2.51. The Kier molecular flexibility index (Phi) is 7.83. The lowest BCUT2D eigenvalue weighted by Gasteiger charge is -2.51. The number of methoxy groups -OCH3 is 2. The van der Waals surface area contributed by atoms with E-state index in [0.717, 1.165) is 82.3 Å². The molecule has 0 bridgehead atoms. The Balaban J connectivity index is 1.19. The van der Waals surface area contributed by atoms with Crippen molar-refractivity contribution in [3.63, 3.8) is 0 Å². The first-order valence-corrected chi connectivity index (χ1v) is 15.0. The molecule has 2 saturated carbocycles. The highest BCUT2D eigenvalue weighted by Gasteiger charge is 2.65. The summed E-state index contributed by atoms with van der Waals surface area (Å²) in [5.74, 6) is 2.20. The van der Waals surface area contributed by atoms with Gasteiger partial charge < -0.3 is 23.7 Å². The van der Waals surface area contributed by atoms with Crippen LogP contribution in [-0.4, -0.2) is 94.2 Å². The molecule has 8 nitrogen and oxygen atoms in total. The van der Waals surface area contributed by atoms with Gasteiger partial charge in [-0.1, -0.05) is 19.1 Å². The molecule has 3 aliphatic heterocycles. The molecule has 1 aromatic carbocycles. The van der Waals surface area contributed by atoms with Crippen molar-refractivity contribution in [2.45, 2.75) is 63.7 Å². The Bertz CT molecular complexity index is 1020. The van der Waals surface area contributed by atoms with Gasteiger partial charge >= 0.3 is 5.97 Å². The predicted molar refractivity (Wildman–Crippen MR) is 147 cm³/mol. The summed E-state index contributed by atoms with van der Waals surface area (Å²) in [6.45, 7) is 10.3. The van der Waals surface area contributed by atoms with Crippen molar-refractivity contribution < 1.29 is 28.5 Å². The number of carbonyl (C=O) groups is 1. The Morgan fingerprint density at radius 1 is 1.15 bits per heavy atom. The van der Waals surface area contributed by atoms with Crippen LogP contribution in [-0.2, 0) is 25.5 Å². The minimum Gasteiger partial charge on any atom is -0.493 e. The predicted octanol–water partition coefficient (Wildman–Crippen LogP) is 3.76. The monoisotopic (exact) mass is 542 g/mol. The first-order valence-electron chi connectivity index (χ1n) is 15.0. The van der Waals surface area contributed by atoms with E-state index in [1.165, 1.54) is 19.3 Å². The smallest absolute Gasteiger partial charge is 0.310 e. The third-order valence-electron chi connectivity index (χ3n) is 10.5. The molecule has 0 aromatic heterocycles. The molecule has 6 atom stereocenters. The number of hydrogen-bond acceptors (Lipinski definition) is 8. The van der Waals surface area contributed by atoms with E-state index in [2.05, 4.69) is 22.8 Å². The van der Waals surface area contributed by atoms with Crippen LogP contribution in [0.4, 0.5) is 0 Å². The molecule has 6 rings (SSSR count). The molecular weight excluding hydrogens is 496 g/mol. The van der Waals surface area contributed by atoms with E-state index in [1.54, 1.807) is 14.2 Å². The van der Waals surface area contributed by atoms with Crippen molar-refractivity contribution in [2.24, 2.45) is 23.2 Å². The lowest BCUT2D eigenvalue weighted by atomic mass is 9.53. The average Bonchev–Trinajstić information content (AvgIpc) is 3.64. The molecule has 5 aliphatic rings. The fourth-order valence-electron chi connectivity index (χ4n) is 8.34. The van der Waals surface area contributed by atoms with Gasteiger partial charge in [0.25, 0.3) is 0 Å². The fraction of sp³-hybridized carbons (Fsp3) is 0.774. The number of para-hydroxylation sites is 1. The van der Waals surface area contributed by atoms with Crippen LogP contribution >= 0.6 is 0 Å². The lowest BCUT2D eigenvalue weighted by molar-refractivity contribution is -0.147. The number of epoxide rings is 1. The number of rotatable bonds is 10. The second-order valence-corrected chi connectivity index (χ2v) is 12.8. The van der Waals surface area contributed by atoms with Crippen LogP contribution in [0.25, 0.3) is 0 Å². The highest BCUT2D eigenvalue weighted by molar-refractivity contribution is 5.75. The van der Waals surface area contributed by atoms with Gasteiger partial charge in [-0.15, -0.1) is 0 Å². The normalized spacial score (nSPS) is 35.9. The van der Waals surface area contributed by atoms with Crippen LogP contribution in [0.3, 0.4) is 0 Å². The van der Waals surface area contributed by atoms with Crippen LogP contribution in [0.5, 0.6) is 11.5 Å². The van der Waals surface area contributed by atoms with Gasteiger partial charge in [-0.2, -0.15) is 0 Å². The Morgan fingerprint density at radius 3 is 2.72 bits per heavy atom. The van der Waals surface area contributed by atoms with Crippen LogP contribution in [0, 0.1) is 23.2 Å². The third-order valence-corrected chi connectivity index (χ3v) is 10.5.